The van der Waals surface area contributed by atoms with E-state index >= 15 is 0 Å². The molecule has 2 nitrogen and oxygen atoms in total. The second-order valence-corrected chi connectivity index (χ2v) is 5.02. The Morgan fingerprint density at radius 3 is 2.93 bits per heavy atom. The summed E-state index contributed by atoms with van der Waals surface area (Å²) >= 11 is 1.94. The van der Waals surface area contributed by atoms with Gasteiger partial charge in [-0.1, -0.05) is 0 Å². The van der Waals surface area contributed by atoms with Gasteiger partial charge in [-0.2, -0.15) is 5.48 Å². The van der Waals surface area contributed by atoms with Crippen LogP contribution in [0.5, 0.6) is 0 Å². The van der Waals surface area contributed by atoms with E-state index in [1.807, 2.05) is 11.3 Å². The summed E-state index contributed by atoms with van der Waals surface area (Å²) in [7, 11) is 1.67. The molecule has 1 unspecified atom stereocenters. The highest BCUT2D eigenvalue weighted by molar-refractivity contribution is 7.12. The van der Waals surface area contributed by atoms with Gasteiger partial charge < -0.3 is 4.84 Å². The number of rotatable bonds is 3. The van der Waals surface area contributed by atoms with Crippen molar-refractivity contribution in [2.75, 3.05) is 7.11 Å². The number of aryl methyl sites for hydroxylation is 2. The molecule has 1 aromatic rings. The molecule has 14 heavy (non-hydrogen) atoms. The predicted molar refractivity (Wildman–Crippen MR) is 59.5 cm³/mol. The summed E-state index contributed by atoms with van der Waals surface area (Å²) in [5.41, 5.74) is 4.55. The molecule has 1 atom stereocenters. The van der Waals surface area contributed by atoms with Crippen molar-refractivity contribution in [2.24, 2.45) is 0 Å². The van der Waals surface area contributed by atoms with E-state index in [9.17, 15) is 0 Å². The summed E-state index contributed by atoms with van der Waals surface area (Å²) < 4.78 is 0. The van der Waals surface area contributed by atoms with Gasteiger partial charge in [0.25, 0.3) is 0 Å². The molecule has 1 aromatic heterocycles. The summed E-state index contributed by atoms with van der Waals surface area (Å²) in [5.74, 6) is 0. The Morgan fingerprint density at radius 2 is 2.21 bits per heavy atom. The minimum Gasteiger partial charge on any atom is -0.305 e. The largest absolute Gasteiger partial charge is 0.305 e. The Bertz CT molecular complexity index is 285. The number of hydrogen-bond donors (Lipinski definition) is 1. The van der Waals surface area contributed by atoms with E-state index in [0.29, 0.717) is 6.04 Å². The van der Waals surface area contributed by atoms with Crippen LogP contribution in [0.4, 0.5) is 0 Å². The fourth-order valence-electron chi connectivity index (χ4n) is 1.96. The molecule has 1 heterocycles. The van der Waals surface area contributed by atoms with Gasteiger partial charge in [0, 0.05) is 9.75 Å². The van der Waals surface area contributed by atoms with E-state index in [0.717, 1.165) is 0 Å². The monoisotopic (exact) mass is 211 g/mol. The summed E-state index contributed by atoms with van der Waals surface area (Å²) in [6.45, 7) is 2.14. The Balaban J connectivity index is 2.15. The molecule has 0 radical (unpaired) electrons. The zero-order valence-electron chi connectivity index (χ0n) is 8.80. The fraction of sp³-hybridized carbons (Fsp3) is 0.636. The van der Waals surface area contributed by atoms with Gasteiger partial charge in [0.15, 0.2) is 0 Å². The van der Waals surface area contributed by atoms with Gasteiger partial charge in [-0.3, -0.25) is 0 Å². The van der Waals surface area contributed by atoms with E-state index in [4.69, 9.17) is 4.84 Å². The SMILES string of the molecule is CONC(C)c1cc2c(s1)CCCC2. The molecular weight excluding hydrogens is 194 g/mol. The normalized spacial score (nSPS) is 17.9. The number of hydroxylamine groups is 1. The van der Waals surface area contributed by atoms with Crippen molar-refractivity contribution >= 4 is 11.3 Å². The second kappa shape index (κ2) is 4.43. The van der Waals surface area contributed by atoms with Gasteiger partial charge in [0.2, 0.25) is 0 Å². The van der Waals surface area contributed by atoms with Crippen LogP contribution in [0.25, 0.3) is 0 Å². The van der Waals surface area contributed by atoms with Crippen molar-refractivity contribution in [1.82, 2.24) is 5.48 Å². The Kier molecular flexibility index (Phi) is 3.21. The van der Waals surface area contributed by atoms with E-state index in [-0.39, 0.29) is 0 Å². The van der Waals surface area contributed by atoms with Gasteiger partial charge in [-0.15, -0.1) is 11.3 Å². The number of nitrogens with one attached hydrogen (secondary N) is 1. The van der Waals surface area contributed by atoms with Crippen LogP contribution in [0.1, 0.15) is 41.1 Å². The maximum absolute atomic E-state index is 4.95. The zero-order valence-corrected chi connectivity index (χ0v) is 9.62. The average Bonchev–Trinajstić information content (AvgIpc) is 2.61. The standard InChI is InChI=1S/C11H17NOS/c1-8(12-13-2)11-7-9-5-3-4-6-10(9)14-11/h7-8,12H,3-6H2,1-2H3. The van der Waals surface area contributed by atoms with Crippen LogP contribution < -0.4 is 5.48 Å². The van der Waals surface area contributed by atoms with Crippen LogP contribution in [0.15, 0.2) is 6.07 Å². The highest BCUT2D eigenvalue weighted by Crippen LogP contribution is 2.32. The molecule has 0 saturated heterocycles. The third-order valence-corrected chi connectivity index (χ3v) is 4.16. The molecule has 1 aliphatic rings. The van der Waals surface area contributed by atoms with E-state index in [2.05, 4.69) is 18.5 Å². The molecule has 3 heteroatoms. The highest BCUT2D eigenvalue weighted by atomic mass is 32.1. The molecule has 0 spiro atoms. The highest BCUT2D eigenvalue weighted by Gasteiger charge is 2.16. The van der Waals surface area contributed by atoms with Crippen LogP contribution in [0.3, 0.4) is 0 Å². The maximum Gasteiger partial charge on any atom is 0.0636 e. The van der Waals surface area contributed by atoms with Gasteiger partial charge in [-0.05, 0) is 44.2 Å². The Labute approximate surface area is 89.2 Å². The summed E-state index contributed by atoms with van der Waals surface area (Å²) in [6.07, 6.45) is 5.26. The van der Waals surface area contributed by atoms with Crippen LogP contribution in [0.2, 0.25) is 0 Å². The van der Waals surface area contributed by atoms with E-state index in [1.165, 1.54) is 30.6 Å². The lowest BCUT2D eigenvalue weighted by Crippen LogP contribution is -2.15. The van der Waals surface area contributed by atoms with E-state index in [1.54, 1.807) is 17.6 Å². The van der Waals surface area contributed by atoms with E-state index < -0.39 is 0 Å². The van der Waals surface area contributed by atoms with Crippen molar-refractivity contribution in [3.8, 4) is 0 Å². The fourth-order valence-corrected chi connectivity index (χ4v) is 3.21. The molecule has 0 aromatic carbocycles. The lowest BCUT2D eigenvalue weighted by Gasteiger charge is -2.08. The van der Waals surface area contributed by atoms with Gasteiger partial charge in [-0.25, -0.2) is 0 Å². The molecule has 0 aliphatic heterocycles. The maximum atomic E-state index is 4.95. The van der Waals surface area contributed by atoms with Crippen molar-refractivity contribution in [2.45, 2.75) is 38.6 Å². The lowest BCUT2D eigenvalue weighted by atomic mass is 9.99. The van der Waals surface area contributed by atoms with Gasteiger partial charge in [0.05, 0.1) is 13.2 Å². The third kappa shape index (κ3) is 2.00. The molecule has 0 amide bonds. The molecule has 78 valence electrons. The topological polar surface area (TPSA) is 21.3 Å². The molecule has 2 rings (SSSR count). The first kappa shape index (κ1) is 10.1. The predicted octanol–water partition coefficient (Wildman–Crippen LogP) is 2.84. The first-order valence-corrected chi connectivity index (χ1v) is 6.03. The smallest absolute Gasteiger partial charge is 0.0636 e. The number of hydrogen-bond acceptors (Lipinski definition) is 3. The van der Waals surface area contributed by atoms with Crippen molar-refractivity contribution in [3.05, 3.63) is 21.4 Å². The molecule has 0 bridgehead atoms. The number of fused-ring (bicyclic) bond motifs is 1. The first-order chi connectivity index (χ1) is 6.81. The van der Waals surface area contributed by atoms with Crippen LogP contribution in [-0.2, 0) is 17.7 Å². The molecule has 1 aliphatic carbocycles. The Morgan fingerprint density at radius 1 is 1.43 bits per heavy atom. The van der Waals surface area contributed by atoms with Crippen LogP contribution >= 0.6 is 11.3 Å². The zero-order chi connectivity index (χ0) is 9.97. The molecule has 1 N–H and O–H groups in total. The Hall–Kier alpha value is -0.380. The van der Waals surface area contributed by atoms with Gasteiger partial charge in [0.1, 0.15) is 0 Å². The minimum atomic E-state index is 0.315. The third-order valence-electron chi connectivity index (χ3n) is 2.74. The number of thiophene rings is 1. The van der Waals surface area contributed by atoms with Crippen LogP contribution in [-0.4, -0.2) is 7.11 Å². The average molecular weight is 211 g/mol. The summed E-state index contributed by atoms with van der Waals surface area (Å²) in [4.78, 5) is 7.94. The van der Waals surface area contributed by atoms with Crippen molar-refractivity contribution < 1.29 is 4.84 Å². The van der Waals surface area contributed by atoms with Crippen molar-refractivity contribution in [1.29, 1.82) is 0 Å². The summed E-state index contributed by atoms with van der Waals surface area (Å²) in [6, 6.07) is 2.66. The second-order valence-electron chi connectivity index (χ2n) is 3.85. The van der Waals surface area contributed by atoms with Crippen molar-refractivity contribution in [3.63, 3.8) is 0 Å². The molecule has 0 fully saturated rings. The quantitative estimate of drug-likeness (QED) is 0.776. The van der Waals surface area contributed by atoms with Gasteiger partial charge >= 0.3 is 0 Å². The minimum absolute atomic E-state index is 0.315. The molecule has 0 saturated carbocycles. The van der Waals surface area contributed by atoms with Crippen LogP contribution in [0, 0.1) is 0 Å². The summed E-state index contributed by atoms with van der Waals surface area (Å²) in [5, 5.41) is 0. The molecular formula is C11H17NOS. The first-order valence-electron chi connectivity index (χ1n) is 5.21. The lowest BCUT2D eigenvalue weighted by molar-refractivity contribution is 0.0668.